The molecule has 0 aliphatic carbocycles. The molecule has 2 nitrogen and oxygen atoms in total. The number of rotatable bonds is 10. The molecule has 13 rings (SSSR count). The Bertz CT molecular complexity index is 4040. The lowest BCUT2D eigenvalue weighted by molar-refractivity contribution is 1.18. The topological polar surface area (TPSA) is 8.17 Å². The Morgan fingerprint density at radius 1 is 0.236 bits per heavy atom. The third-order valence-corrected chi connectivity index (χ3v) is 14.2. The summed E-state index contributed by atoms with van der Waals surface area (Å²) in [4.78, 5) is 2.39. The Hall–Kier alpha value is -9.50. The minimum Gasteiger partial charge on any atom is -0.310 e. The van der Waals surface area contributed by atoms with Crippen LogP contribution in [0.3, 0.4) is 0 Å². The highest BCUT2D eigenvalue weighted by Gasteiger charge is 2.20. The molecule has 0 atom stereocenters. The molecule has 13 aromatic rings. The van der Waals surface area contributed by atoms with E-state index in [1.165, 1.54) is 82.7 Å². The van der Waals surface area contributed by atoms with Crippen molar-refractivity contribution in [1.29, 1.82) is 0 Å². The maximum absolute atomic E-state index is 2.46. The summed E-state index contributed by atoms with van der Waals surface area (Å²) < 4.78 is 2.46. The zero-order valence-corrected chi connectivity index (χ0v) is 39.6. The SMILES string of the molecule is c1ccc(-c2ccc(-c3ccc(N(c4ccccc4)c4ccccc4-c4ccc5c(c4)c4ccccc4n5-c4cc(-c5ccc(-c6ccccc6)cc5)cc(-c5cccc6ccccc56)c4)cc3)cc2)cc1. The number of anilines is 3. The Morgan fingerprint density at radius 2 is 0.681 bits per heavy atom. The molecule has 0 fully saturated rings. The molecule has 12 aromatic carbocycles. The summed E-state index contributed by atoms with van der Waals surface area (Å²) in [6, 6.07) is 106. The summed E-state index contributed by atoms with van der Waals surface area (Å²) in [5, 5.41) is 4.88. The van der Waals surface area contributed by atoms with Crippen molar-refractivity contribution in [3.63, 3.8) is 0 Å². The van der Waals surface area contributed by atoms with Gasteiger partial charge in [-0.1, -0.05) is 224 Å². The Kier molecular flexibility index (Phi) is 10.9. The van der Waals surface area contributed by atoms with Crippen molar-refractivity contribution >= 4 is 49.6 Å². The van der Waals surface area contributed by atoms with Gasteiger partial charge in [-0.2, -0.15) is 0 Å². The second kappa shape index (κ2) is 18.4. The van der Waals surface area contributed by atoms with E-state index in [0.717, 1.165) is 39.4 Å². The van der Waals surface area contributed by atoms with Crippen LogP contribution >= 0.6 is 0 Å². The van der Waals surface area contributed by atoms with Crippen LogP contribution < -0.4 is 4.90 Å². The highest BCUT2D eigenvalue weighted by Crippen LogP contribution is 2.44. The highest BCUT2D eigenvalue weighted by atomic mass is 15.1. The number of hydrogen-bond donors (Lipinski definition) is 0. The van der Waals surface area contributed by atoms with Crippen LogP contribution in [0.5, 0.6) is 0 Å². The molecule has 0 saturated carbocycles. The monoisotopic (exact) mass is 916 g/mol. The van der Waals surface area contributed by atoms with Crippen molar-refractivity contribution in [1.82, 2.24) is 4.57 Å². The van der Waals surface area contributed by atoms with Crippen molar-refractivity contribution < 1.29 is 0 Å². The van der Waals surface area contributed by atoms with Crippen LogP contribution in [0, 0.1) is 0 Å². The van der Waals surface area contributed by atoms with Crippen LogP contribution in [-0.2, 0) is 0 Å². The minimum absolute atomic E-state index is 1.09. The number of aromatic nitrogens is 1. The van der Waals surface area contributed by atoms with Gasteiger partial charge in [0.25, 0.3) is 0 Å². The summed E-state index contributed by atoms with van der Waals surface area (Å²) in [6.45, 7) is 0. The predicted molar refractivity (Wildman–Crippen MR) is 306 cm³/mol. The maximum atomic E-state index is 2.46. The molecule has 0 aliphatic rings. The average molecular weight is 917 g/mol. The van der Waals surface area contributed by atoms with E-state index in [9.17, 15) is 0 Å². The van der Waals surface area contributed by atoms with E-state index >= 15 is 0 Å². The summed E-state index contributed by atoms with van der Waals surface area (Å²) in [5.41, 5.74) is 21.0. The molecule has 0 aliphatic heterocycles. The van der Waals surface area contributed by atoms with Crippen molar-refractivity contribution in [2.75, 3.05) is 4.90 Å². The van der Waals surface area contributed by atoms with Gasteiger partial charge in [0.15, 0.2) is 0 Å². The van der Waals surface area contributed by atoms with Gasteiger partial charge >= 0.3 is 0 Å². The van der Waals surface area contributed by atoms with Gasteiger partial charge in [0.2, 0.25) is 0 Å². The van der Waals surface area contributed by atoms with Gasteiger partial charge in [0.1, 0.15) is 0 Å². The number of benzene rings is 12. The van der Waals surface area contributed by atoms with E-state index < -0.39 is 0 Å². The molecule has 0 spiro atoms. The molecule has 0 saturated heterocycles. The van der Waals surface area contributed by atoms with Crippen molar-refractivity contribution in [3.8, 4) is 72.4 Å². The summed E-state index contributed by atoms with van der Waals surface area (Å²) in [5.74, 6) is 0. The maximum Gasteiger partial charge on any atom is 0.0541 e. The fourth-order valence-corrected chi connectivity index (χ4v) is 10.6. The van der Waals surface area contributed by atoms with Gasteiger partial charge in [0, 0.05) is 33.4 Å². The zero-order chi connectivity index (χ0) is 47.8. The third-order valence-electron chi connectivity index (χ3n) is 14.2. The molecule has 0 unspecified atom stereocenters. The largest absolute Gasteiger partial charge is 0.310 e. The van der Waals surface area contributed by atoms with Gasteiger partial charge in [-0.3, -0.25) is 0 Å². The van der Waals surface area contributed by atoms with E-state index in [-0.39, 0.29) is 0 Å². The molecular weight excluding hydrogens is 869 g/mol. The van der Waals surface area contributed by atoms with Crippen LogP contribution in [0.1, 0.15) is 0 Å². The van der Waals surface area contributed by atoms with E-state index in [1.54, 1.807) is 0 Å². The number of nitrogens with zero attached hydrogens (tertiary/aromatic N) is 2. The number of fused-ring (bicyclic) bond motifs is 4. The summed E-state index contributed by atoms with van der Waals surface area (Å²) in [7, 11) is 0. The van der Waals surface area contributed by atoms with Crippen molar-refractivity contribution in [3.05, 3.63) is 291 Å². The normalized spacial score (nSPS) is 11.3. The smallest absolute Gasteiger partial charge is 0.0541 e. The van der Waals surface area contributed by atoms with Gasteiger partial charge in [-0.25, -0.2) is 0 Å². The van der Waals surface area contributed by atoms with Gasteiger partial charge in [-0.05, 0) is 139 Å². The predicted octanol–water partition coefficient (Wildman–Crippen LogP) is 19.4. The van der Waals surface area contributed by atoms with Gasteiger partial charge in [0.05, 0.1) is 16.7 Å². The van der Waals surface area contributed by atoms with E-state index in [4.69, 9.17) is 0 Å². The highest BCUT2D eigenvalue weighted by molar-refractivity contribution is 6.11. The second-order valence-corrected chi connectivity index (χ2v) is 18.5. The first-order valence-corrected chi connectivity index (χ1v) is 24.7. The van der Waals surface area contributed by atoms with Crippen molar-refractivity contribution in [2.24, 2.45) is 0 Å². The summed E-state index contributed by atoms with van der Waals surface area (Å²) >= 11 is 0. The van der Waals surface area contributed by atoms with Crippen LogP contribution in [-0.4, -0.2) is 4.57 Å². The molecule has 1 aromatic heterocycles. The fraction of sp³-hybridized carbons (Fsp3) is 0. The molecule has 1 heterocycles. The fourth-order valence-electron chi connectivity index (χ4n) is 10.6. The zero-order valence-electron chi connectivity index (χ0n) is 39.6. The number of para-hydroxylation sites is 3. The molecule has 0 N–H and O–H groups in total. The first-order valence-electron chi connectivity index (χ1n) is 24.7. The van der Waals surface area contributed by atoms with Crippen LogP contribution in [0.4, 0.5) is 17.1 Å². The molecule has 2 heteroatoms. The molecule has 338 valence electrons. The molecule has 72 heavy (non-hydrogen) atoms. The standard InChI is InChI=1S/C70H48N2/c1-4-17-49(18-5-1)51-31-33-53(34-32-51)54-39-42-61(43-40-54)71(60-23-8-3-9-24-60)68-29-14-12-26-65(68)57-41-44-70-67(48-57)66-27-13-15-30-69(66)72(70)62-46-58(55-37-35-52(36-38-55)50-19-6-2-7-20-50)45-59(47-62)64-28-16-22-56-21-10-11-25-63(56)64/h1-48H. The summed E-state index contributed by atoms with van der Waals surface area (Å²) in [6.07, 6.45) is 0. The lowest BCUT2D eigenvalue weighted by Crippen LogP contribution is -2.11. The van der Waals surface area contributed by atoms with E-state index in [2.05, 4.69) is 301 Å². The van der Waals surface area contributed by atoms with Crippen LogP contribution in [0.25, 0.3) is 105 Å². The van der Waals surface area contributed by atoms with Crippen molar-refractivity contribution in [2.45, 2.75) is 0 Å². The first-order chi connectivity index (χ1) is 35.7. The molecular formula is C70H48N2. The minimum atomic E-state index is 1.09. The first kappa shape index (κ1) is 42.6. The average Bonchev–Trinajstić information content (AvgIpc) is 3.80. The Balaban J connectivity index is 0.926. The Labute approximate surface area is 420 Å². The molecule has 0 bridgehead atoms. The lowest BCUT2D eigenvalue weighted by atomic mass is 9.93. The lowest BCUT2D eigenvalue weighted by Gasteiger charge is -2.28. The third kappa shape index (κ3) is 7.92. The van der Waals surface area contributed by atoms with Gasteiger partial charge < -0.3 is 9.47 Å². The molecule has 0 amide bonds. The van der Waals surface area contributed by atoms with E-state index in [1.807, 2.05) is 0 Å². The number of hydrogen-bond acceptors (Lipinski definition) is 1. The van der Waals surface area contributed by atoms with E-state index in [0.29, 0.717) is 0 Å². The van der Waals surface area contributed by atoms with Crippen LogP contribution in [0.15, 0.2) is 291 Å². The Morgan fingerprint density at radius 3 is 1.35 bits per heavy atom. The quantitative estimate of drug-likeness (QED) is 0.133. The van der Waals surface area contributed by atoms with Gasteiger partial charge in [-0.15, -0.1) is 0 Å². The molecule has 0 radical (unpaired) electrons. The second-order valence-electron chi connectivity index (χ2n) is 18.5. The van der Waals surface area contributed by atoms with Crippen LogP contribution in [0.2, 0.25) is 0 Å².